The van der Waals surface area contributed by atoms with Crippen LogP contribution in [0, 0.1) is 11.6 Å². The first-order chi connectivity index (χ1) is 9.60. The van der Waals surface area contributed by atoms with E-state index in [0.717, 1.165) is 44.6 Å². The van der Waals surface area contributed by atoms with Gasteiger partial charge in [0.05, 0.1) is 0 Å². The average molecular weight is 283 g/mol. The molecule has 6 heteroatoms. The van der Waals surface area contributed by atoms with Gasteiger partial charge in [0.25, 0.3) is 5.91 Å². The summed E-state index contributed by atoms with van der Waals surface area (Å²) in [4.78, 5) is 14.2. The quantitative estimate of drug-likeness (QED) is 0.870. The molecule has 1 aromatic carbocycles. The Balaban J connectivity index is 1.87. The summed E-state index contributed by atoms with van der Waals surface area (Å²) in [5.41, 5.74) is 5.65. The van der Waals surface area contributed by atoms with E-state index in [1.807, 2.05) is 0 Å². The number of nitrogens with zero attached hydrogens (tertiary/aromatic N) is 1. The highest BCUT2D eigenvalue weighted by molar-refractivity contribution is 5.94. The van der Waals surface area contributed by atoms with Crippen molar-refractivity contribution in [3.8, 4) is 0 Å². The van der Waals surface area contributed by atoms with E-state index in [9.17, 15) is 13.6 Å². The number of nitrogens with one attached hydrogen (secondary N) is 1. The molecule has 0 aliphatic carbocycles. The predicted octanol–water partition coefficient (Wildman–Crippen LogP) is 1.12. The molecule has 20 heavy (non-hydrogen) atoms. The van der Waals surface area contributed by atoms with Crippen LogP contribution in [-0.2, 0) is 0 Å². The second kappa shape index (κ2) is 6.76. The van der Waals surface area contributed by atoms with Crippen LogP contribution in [0.4, 0.5) is 8.78 Å². The van der Waals surface area contributed by atoms with Crippen LogP contribution in [0.1, 0.15) is 23.2 Å². The van der Waals surface area contributed by atoms with E-state index in [0.29, 0.717) is 6.54 Å². The first-order valence-electron chi connectivity index (χ1n) is 6.78. The fraction of sp³-hybridized carbons (Fsp3) is 0.500. The summed E-state index contributed by atoms with van der Waals surface area (Å²) in [6.45, 7) is 3.27. The molecular weight excluding hydrogens is 264 g/mol. The molecule has 0 atom stereocenters. The van der Waals surface area contributed by atoms with E-state index in [1.165, 1.54) is 6.07 Å². The van der Waals surface area contributed by atoms with Crippen molar-refractivity contribution in [2.24, 2.45) is 5.73 Å². The lowest BCUT2D eigenvalue weighted by Gasteiger charge is -2.32. The average Bonchev–Trinajstić information content (AvgIpc) is 2.44. The number of benzene rings is 1. The van der Waals surface area contributed by atoms with Gasteiger partial charge in [-0.25, -0.2) is 8.78 Å². The van der Waals surface area contributed by atoms with E-state index >= 15 is 0 Å². The van der Waals surface area contributed by atoms with Crippen LogP contribution >= 0.6 is 0 Å². The van der Waals surface area contributed by atoms with Crippen LogP contribution in [0.25, 0.3) is 0 Å². The number of rotatable bonds is 4. The van der Waals surface area contributed by atoms with Crippen molar-refractivity contribution in [2.45, 2.75) is 18.9 Å². The number of hydrogen-bond acceptors (Lipinski definition) is 3. The summed E-state index contributed by atoms with van der Waals surface area (Å²) in [6, 6.07) is 3.25. The first-order valence-corrected chi connectivity index (χ1v) is 6.78. The molecule has 110 valence electrons. The third-order valence-corrected chi connectivity index (χ3v) is 3.55. The van der Waals surface area contributed by atoms with E-state index in [-0.39, 0.29) is 17.5 Å². The minimum absolute atomic E-state index is 0.0737. The van der Waals surface area contributed by atoms with Crippen molar-refractivity contribution in [3.63, 3.8) is 0 Å². The van der Waals surface area contributed by atoms with Crippen molar-refractivity contribution >= 4 is 5.91 Å². The minimum atomic E-state index is -1.00. The SMILES string of the molecule is NCCN1CCC(NC(=O)c2ccc(F)c(F)c2)CC1. The van der Waals surface area contributed by atoms with Gasteiger partial charge in [-0.05, 0) is 31.0 Å². The van der Waals surface area contributed by atoms with E-state index in [1.54, 1.807) is 0 Å². The second-order valence-electron chi connectivity index (χ2n) is 5.01. The lowest BCUT2D eigenvalue weighted by atomic mass is 10.0. The molecule has 0 saturated carbocycles. The zero-order valence-electron chi connectivity index (χ0n) is 11.2. The maximum absolute atomic E-state index is 13.1. The molecule has 4 nitrogen and oxygen atoms in total. The highest BCUT2D eigenvalue weighted by Crippen LogP contribution is 2.12. The number of nitrogens with two attached hydrogens (primary N) is 1. The lowest BCUT2D eigenvalue weighted by Crippen LogP contribution is -2.45. The number of likely N-dealkylation sites (tertiary alicyclic amines) is 1. The van der Waals surface area contributed by atoms with Crippen molar-refractivity contribution < 1.29 is 13.6 Å². The van der Waals surface area contributed by atoms with Crippen molar-refractivity contribution in [3.05, 3.63) is 35.4 Å². The molecule has 2 rings (SSSR count). The number of carbonyl (C=O) groups is 1. The zero-order chi connectivity index (χ0) is 14.5. The number of piperidine rings is 1. The van der Waals surface area contributed by atoms with Gasteiger partial charge in [0.15, 0.2) is 11.6 Å². The fourth-order valence-corrected chi connectivity index (χ4v) is 2.39. The molecule has 0 bridgehead atoms. The number of hydrogen-bond donors (Lipinski definition) is 2. The molecule has 1 amide bonds. The topological polar surface area (TPSA) is 58.4 Å². The summed E-state index contributed by atoms with van der Waals surface area (Å²) in [5.74, 6) is -2.31. The van der Waals surface area contributed by atoms with Crippen LogP contribution in [0.5, 0.6) is 0 Å². The second-order valence-corrected chi connectivity index (χ2v) is 5.01. The third kappa shape index (κ3) is 3.74. The van der Waals surface area contributed by atoms with Crippen LogP contribution in [0.2, 0.25) is 0 Å². The fourth-order valence-electron chi connectivity index (χ4n) is 2.39. The molecule has 0 aromatic heterocycles. The molecule has 1 aliphatic heterocycles. The van der Waals surface area contributed by atoms with Gasteiger partial charge in [-0.2, -0.15) is 0 Å². The van der Waals surface area contributed by atoms with Gasteiger partial charge in [0.2, 0.25) is 0 Å². The van der Waals surface area contributed by atoms with Crippen molar-refractivity contribution in [2.75, 3.05) is 26.2 Å². The third-order valence-electron chi connectivity index (χ3n) is 3.55. The Morgan fingerprint density at radius 2 is 2.00 bits per heavy atom. The summed E-state index contributed by atoms with van der Waals surface area (Å²) in [7, 11) is 0. The monoisotopic (exact) mass is 283 g/mol. The minimum Gasteiger partial charge on any atom is -0.349 e. The number of carbonyl (C=O) groups excluding carboxylic acids is 1. The van der Waals surface area contributed by atoms with Gasteiger partial charge in [0, 0.05) is 37.8 Å². The standard InChI is InChI=1S/C14H19F2N3O/c15-12-2-1-10(9-13(12)16)14(20)18-11-3-6-19(7-4-11)8-5-17/h1-2,9,11H,3-8,17H2,(H,18,20). The number of amides is 1. The Labute approximate surface area is 116 Å². The molecule has 1 aromatic rings. The van der Waals surface area contributed by atoms with Crippen molar-refractivity contribution in [1.29, 1.82) is 0 Å². The molecule has 0 unspecified atom stereocenters. The summed E-state index contributed by atoms with van der Waals surface area (Å²) >= 11 is 0. The molecule has 0 radical (unpaired) electrons. The normalized spacial score (nSPS) is 17.1. The number of halogens is 2. The van der Waals surface area contributed by atoms with E-state index in [4.69, 9.17) is 5.73 Å². The van der Waals surface area contributed by atoms with Gasteiger partial charge >= 0.3 is 0 Å². The summed E-state index contributed by atoms with van der Waals surface area (Å²) in [5, 5.41) is 2.86. The predicted molar refractivity (Wildman–Crippen MR) is 72.3 cm³/mol. The van der Waals surface area contributed by atoms with E-state index in [2.05, 4.69) is 10.2 Å². The maximum Gasteiger partial charge on any atom is 0.251 e. The maximum atomic E-state index is 13.1. The van der Waals surface area contributed by atoms with Gasteiger partial charge in [0.1, 0.15) is 0 Å². The highest BCUT2D eigenvalue weighted by atomic mass is 19.2. The Hall–Kier alpha value is -1.53. The molecule has 1 heterocycles. The van der Waals surface area contributed by atoms with Gasteiger partial charge in [-0.3, -0.25) is 4.79 Å². The molecule has 1 saturated heterocycles. The van der Waals surface area contributed by atoms with Gasteiger partial charge in [-0.15, -0.1) is 0 Å². The van der Waals surface area contributed by atoms with E-state index < -0.39 is 11.6 Å². The Kier molecular flexibility index (Phi) is 5.03. The molecule has 0 spiro atoms. The Morgan fingerprint density at radius 3 is 2.60 bits per heavy atom. The van der Waals surface area contributed by atoms with Crippen LogP contribution in [0.15, 0.2) is 18.2 Å². The Morgan fingerprint density at radius 1 is 1.30 bits per heavy atom. The van der Waals surface area contributed by atoms with Gasteiger partial charge < -0.3 is 16.0 Å². The van der Waals surface area contributed by atoms with Crippen LogP contribution in [-0.4, -0.2) is 43.0 Å². The smallest absolute Gasteiger partial charge is 0.251 e. The molecule has 1 fully saturated rings. The summed E-state index contributed by atoms with van der Waals surface area (Å²) < 4.78 is 25.9. The zero-order valence-corrected chi connectivity index (χ0v) is 11.2. The van der Waals surface area contributed by atoms with Crippen LogP contribution < -0.4 is 11.1 Å². The highest BCUT2D eigenvalue weighted by Gasteiger charge is 2.21. The molecule has 3 N–H and O–H groups in total. The molecular formula is C14H19F2N3O. The molecule has 1 aliphatic rings. The van der Waals surface area contributed by atoms with Gasteiger partial charge in [-0.1, -0.05) is 0 Å². The largest absolute Gasteiger partial charge is 0.349 e. The summed E-state index contributed by atoms with van der Waals surface area (Å²) in [6.07, 6.45) is 1.69. The van der Waals surface area contributed by atoms with Crippen molar-refractivity contribution in [1.82, 2.24) is 10.2 Å². The lowest BCUT2D eigenvalue weighted by molar-refractivity contribution is 0.0911. The van der Waals surface area contributed by atoms with Crippen LogP contribution in [0.3, 0.4) is 0 Å². The first kappa shape index (κ1) is 14.9. The Bertz CT molecular complexity index is 473.